The Morgan fingerprint density at radius 1 is 1.24 bits per heavy atom. The van der Waals surface area contributed by atoms with E-state index in [1.165, 1.54) is 6.07 Å². The highest BCUT2D eigenvalue weighted by molar-refractivity contribution is 5.24. The molecule has 3 N–H and O–H groups in total. The minimum absolute atomic E-state index is 0.0311. The lowest BCUT2D eigenvalue weighted by atomic mass is 9.77. The molecule has 0 spiro atoms. The summed E-state index contributed by atoms with van der Waals surface area (Å²) >= 11 is 0. The molecule has 0 radical (unpaired) electrons. The Hall–Kier alpha value is -1.14. The van der Waals surface area contributed by atoms with Crippen molar-refractivity contribution in [2.45, 2.75) is 43.6 Å². The lowest BCUT2D eigenvalue weighted by molar-refractivity contribution is -0.0652. The van der Waals surface area contributed by atoms with Crippen LogP contribution in [0.2, 0.25) is 0 Å². The summed E-state index contributed by atoms with van der Waals surface area (Å²) in [5.41, 5.74) is 5.73. The standard InChI is InChI=1S/C15H19F4NO/c16-10-1-2-11(13(17)7-10)12(8-20)14(21)9-3-5-15(18,19)6-4-9/h1-2,7,9,12,14,21H,3-6,8,20H2. The van der Waals surface area contributed by atoms with Crippen LogP contribution < -0.4 is 5.73 Å². The first-order valence-corrected chi connectivity index (χ1v) is 7.05. The zero-order valence-corrected chi connectivity index (χ0v) is 11.5. The third-order valence-electron chi connectivity index (χ3n) is 4.27. The van der Waals surface area contributed by atoms with Gasteiger partial charge in [-0.3, -0.25) is 0 Å². The summed E-state index contributed by atoms with van der Waals surface area (Å²) in [6.07, 6.45) is -1.22. The summed E-state index contributed by atoms with van der Waals surface area (Å²) in [7, 11) is 0. The van der Waals surface area contributed by atoms with Crippen molar-refractivity contribution in [3.05, 3.63) is 35.4 Å². The maximum absolute atomic E-state index is 13.8. The number of aliphatic hydroxyl groups is 1. The fourth-order valence-electron chi connectivity index (χ4n) is 2.99. The van der Waals surface area contributed by atoms with Crippen molar-refractivity contribution in [1.29, 1.82) is 0 Å². The predicted molar refractivity (Wildman–Crippen MR) is 71.1 cm³/mol. The van der Waals surface area contributed by atoms with Gasteiger partial charge >= 0.3 is 0 Å². The maximum Gasteiger partial charge on any atom is 0.248 e. The second-order valence-electron chi connectivity index (χ2n) is 5.69. The van der Waals surface area contributed by atoms with Crippen molar-refractivity contribution in [3.8, 4) is 0 Å². The molecule has 2 nitrogen and oxygen atoms in total. The van der Waals surface area contributed by atoms with E-state index in [2.05, 4.69) is 0 Å². The zero-order valence-electron chi connectivity index (χ0n) is 11.5. The summed E-state index contributed by atoms with van der Waals surface area (Å²) in [6, 6.07) is 3.09. The molecule has 0 saturated heterocycles. The SMILES string of the molecule is NCC(c1ccc(F)cc1F)C(O)C1CCC(F)(F)CC1. The number of aliphatic hydroxyl groups excluding tert-OH is 1. The Balaban J connectivity index is 2.13. The number of benzene rings is 1. The molecule has 1 fully saturated rings. The molecule has 2 atom stereocenters. The molecule has 0 amide bonds. The summed E-state index contributed by atoms with van der Waals surface area (Å²) in [5.74, 6) is -5.23. The Bertz CT molecular complexity index is 485. The third-order valence-corrected chi connectivity index (χ3v) is 4.27. The number of hydrogen-bond acceptors (Lipinski definition) is 2. The van der Waals surface area contributed by atoms with Crippen LogP contribution in [0.1, 0.15) is 37.2 Å². The maximum atomic E-state index is 13.8. The van der Waals surface area contributed by atoms with Crippen LogP contribution in [0.15, 0.2) is 18.2 Å². The molecule has 1 saturated carbocycles. The van der Waals surface area contributed by atoms with E-state index in [1.807, 2.05) is 0 Å². The van der Waals surface area contributed by atoms with Crippen LogP contribution >= 0.6 is 0 Å². The molecule has 1 aliphatic rings. The number of alkyl halides is 2. The van der Waals surface area contributed by atoms with Gasteiger partial charge in [0.2, 0.25) is 5.92 Å². The minimum atomic E-state index is -2.68. The van der Waals surface area contributed by atoms with Crippen molar-refractivity contribution in [3.63, 3.8) is 0 Å². The van der Waals surface area contributed by atoms with Gasteiger partial charge in [0.1, 0.15) is 11.6 Å². The van der Waals surface area contributed by atoms with Gasteiger partial charge in [-0.2, -0.15) is 0 Å². The van der Waals surface area contributed by atoms with Crippen molar-refractivity contribution < 1.29 is 22.7 Å². The summed E-state index contributed by atoms with van der Waals surface area (Å²) in [6.45, 7) is -0.0311. The molecule has 1 aliphatic carbocycles. The first-order chi connectivity index (χ1) is 9.84. The molecule has 2 unspecified atom stereocenters. The van der Waals surface area contributed by atoms with Crippen LogP contribution in [-0.2, 0) is 0 Å². The van der Waals surface area contributed by atoms with Gasteiger partial charge in [-0.05, 0) is 30.4 Å². The van der Waals surface area contributed by atoms with Gasteiger partial charge in [-0.1, -0.05) is 6.07 Å². The fourth-order valence-corrected chi connectivity index (χ4v) is 2.99. The van der Waals surface area contributed by atoms with E-state index < -0.39 is 29.6 Å². The Morgan fingerprint density at radius 3 is 2.38 bits per heavy atom. The smallest absolute Gasteiger partial charge is 0.248 e. The van der Waals surface area contributed by atoms with Crippen molar-refractivity contribution in [2.75, 3.05) is 6.54 Å². The quantitative estimate of drug-likeness (QED) is 0.839. The Kier molecular flexibility index (Phi) is 4.88. The van der Waals surface area contributed by atoms with Gasteiger partial charge < -0.3 is 10.8 Å². The molecule has 0 heterocycles. The molecule has 6 heteroatoms. The summed E-state index contributed by atoms with van der Waals surface area (Å²) < 4.78 is 53.0. The Labute approximate surface area is 121 Å². The lowest BCUT2D eigenvalue weighted by Gasteiger charge is -2.34. The van der Waals surface area contributed by atoms with Gasteiger partial charge in [0.25, 0.3) is 0 Å². The van der Waals surface area contributed by atoms with E-state index in [0.29, 0.717) is 0 Å². The van der Waals surface area contributed by atoms with E-state index in [-0.39, 0.29) is 43.7 Å². The van der Waals surface area contributed by atoms with Crippen LogP contribution in [0, 0.1) is 17.6 Å². The van der Waals surface area contributed by atoms with Gasteiger partial charge in [0.05, 0.1) is 6.10 Å². The van der Waals surface area contributed by atoms with Crippen molar-refractivity contribution in [2.24, 2.45) is 11.7 Å². The fraction of sp³-hybridized carbons (Fsp3) is 0.600. The van der Waals surface area contributed by atoms with Crippen LogP contribution in [0.25, 0.3) is 0 Å². The highest BCUT2D eigenvalue weighted by Gasteiger charge is 2.39. The molecule has 21 heavy (non-hydrogen) atoms. The number of nitrogens with two attached hydrogens (primary N) is 1. The van der Waals surface area contributed by atoms with Crippen molar-refractivity contribution in [1.82, 2.24) is 0 Å². The molecular formula is C15H19F4NO. The number of rotatable bonds is 4. The largest absolute Gasteiger partial charge is 0.392 e. The molecule has 2 rings (SSSR count). The van der Waals surface area contributed by atoms with Crippen LogP contribution in [0.4, 0.5) is 17.6 Å². The lowest BCUT2D eigenvalue weighted by Crippen LogP contribution is -2.37. The summed E-state index contributed by atoms with van der Waals surface area (Å²) in [5, 5.41) is 10.4. The first-order valence-electron chi connectivity index (χ1n) is 7.05. The average molecular weight is 305 g/mol. The third kappa shape index (κ3) is 3.74. The van der Waals surface area contributed by atoms with E-state index >= 15 is 0 Å². The molecule has 0 aliphatic heterocycles. The number of hydrogen-bond donors (Lipinski definition) is 2. The molecule has 1 aromatic carbocycles. The predicted octanol–water partition coefficient (Wildman–Crippen LogP) is 3.19. The summed E-state index contributed by atoms with van der Waals surface area (Å²) in [4.78, 5) is 0. The second-order valence-corrected chi connectivity index (χ2v) is 5.69. The molecule has 118 valence electrons. The van der Waals surface area contributed by atoms with E-state index in [4.69, 9.17) is 5.73 Å². The monoisotopic (exact) mass is 305 g/mol. The zero-order chi connectivity index (χ0) is 15.6. The highest BCUT2D eigenvalue weighted by Crippen LogP contribution is 2.40. The molecule has 0 aromatic heterocycles. The van der Waals surface area contributed by atoms with Crippen LogP contribution in [0.5, 0.6) is 0 Å². The number of halogens is 4. The normalized spacial score (nSPS) is 22.0. The minimum Gasteiger partial charge on any atom is -0.392 e. The highest BCUT2D eigenvalue weighted by atomic mass is 19.3. The van der Waals surface area contributed by atoms with E-state index in [1.54, 1.807) is 0 Å². The average Bonchev–Trinajstić information content (AvgIpc) is 2.41. The van der Waals surface area contributed by atoms with E-state index in [0.717, 1.165) is 12.1 Å². The second kappa shape index (κ2) is 6.32. The topological polar surface area (TPSA) is 46.2 Å². The molecule has 0 bridgehead atoms. The van der Waals surface area contributed by atoms with Gasteiger partial charge in [0, 0.05) is 31.4 Å². The van der Waals surface area contributed by atoms with E-state index in [9.17, 15) is 22.7 Å². The van der Waals surface area contributed by atoms with Crippen LogP contribution in [-0.4, -0.2) is 23.7 Å². The first kappa shape index (κ1) is 16.2. The van der Waals surface area contributed by atoms with Gasteiger partial charge in [0.15, 0.2) is 0 Å². The van der Waals surface area contributed by atoms with Crippen molar-refractivity contribution >= 4 is 0 Å². The molecular weight excluding hydrogens is 286 g/mol. The Morgan fingerprint density at radius 2 is 1.86 bits per heavy atom. The molecule has 1 aromatic rings. The van der Waals surface area contributed by atoms with Crippen LogP contribution in [0.3, 0.4) is 0 Å². The van der Waals surface area contributed by atoms with Gasteiger partial charge in [-0.25, -0.2) is 17.6 Å². The van der Waals surface area contributed by atoms with Gasteiger partial charge in [-0.15, -0.1) is 0 Å².